The van der Waals surface area contributed by atoms with Gasteiger partial charge in [0.05, 0.1) is 6.04 Å². The molecule has 2 aromatic heterocycles. The summed E-state index contributed by atoms with van der Waals surface area (Å²) in [7, 11) is 0. The lowest BCUT2D eigenvalue weighted by Crippen LogP contribution is -2.17. The zero-order valence-electron chi connectivity index (χ0n) is 11.4. The van der Waals surface area contributed by atoms with Crippen LogP contribution in [0.4, 0.5) is 5.13 Å². The molecule has 0 aromatic carbocycles. The molecule has 0 aliphatic carbocycles. The van der Waals surface area contributed by atoms with E-state index in [9.17, 15) is 4.79 Å². The highest BCUT2D eigenvalue weighted by Gasteiger charge is 2.13. The average Bonchev–Trinajstić information content (AvgIpc) is 3.07. The Hall–Kier alpha value is -1.80. The van der Waals surface area contributed by atoms with Crippen LogP contribution in [0.2, 0.25) is 0 Å². The van der Waals surface area contributed by atoms with E-state index in [1.165, 1.54) is 11.3 Å². The number of carbonyl (C=O) groups excluding carboxylic acids is 1. The van der Waals surface area contributed by atoms with Crippen LogP contribution in [0.15, 0.2) is 18.5 Å². The zero-order chi connectivity index (χ0) is 14.4. The van der Waals surface area contributed by atoms with Gasteiger partial charge in [-0.25, -0.2) is 0 Å². The third kappa shape index (κ3) is 4.10. The lowest BCUT2D eigenvalue weighted by atomic mass is 10.2. The van der Waals surface area contributed by atoms with E-state index < -0.39 is 0 Å². The molecular weight excluding hydrogens is 278 g/mol. The molecule has 0 spiro atoms. The molecule has 0 fully saturated rings. The van der Waals surface area contributed by atoms with Crippen LogP contribution in [0.5, 0.6) is 0 Å². The smallest absolute Gasteiger partial charge is 0.228 e. The summed E-state index contributed by atoms with van der Waals surface area (Å²) in [6.07, 6.45) is 3.87. The van der Waals surface area contributed by atoms with Crippen molar-refractivity contribution in [3.8, 4) is 0 Å². The molecule has 2 heterocycles. The van der Waals surface area contributed by atoms with Crippen LogP contribution >= 0.6 is 11.3 Å². The summed E-state index contributed by atoms with van der Waals surface area (Å²) in [5.41, 5.74) is 0. The molecule has 0 radical (unpaired) electrons. The van der Waals surface area contributed by atoms with Gasteiger partial charge in [0, 0.05) is 25.4 Å². The maximum atomic E-state index is 11.9. The highest BCUT2D eigenvalue weighted by atomic mass is 32.1. The minimum atomic E-state index is -0.105. The molecule has 108 valence electrons. The molecule has 1 amide bonds. The molecule has 2 rings (SSSR count). The van der Waals surface area contributed by atoms with E-state index in [0.717, 1.165) is 5.01 Å². The summed E-state index contributed by atoms with van der Waals surface area (Å²) in [4.78, 5) is 11.9. The first-order chi connectivity index (χ1) is 9.69. The minimum Gasteiger partial charge on any atom is -0.374 e. The van der Waals surface area contributed by atoms with Crippen molar-refractivity contribution in [3.05, 3.63) is 23.5 Å². The maximum absolute atomic E-state index is 11.9. The van der Waals surface area contributed by atoms with Crippen LogP contribution in [0.25, 0.3) is 0 Å². The largest absolute Gasteiger partial charge is 0.374 e. The molecule has 0 aliphatic heterocycles. The molecule has 7 nitrogen and oxygen atoms in total. The van der Waals surface area contributed by atoms with Crippen LogP contribution in [-0.2, 0) is 16.1 Å². The van der Waals surface area contributed by atoms with Gasteiger partial charge in [0.1, 0.15) is 11.6 Å². The third-order valence-electron chi connectivity index (χ3n) is 2.60. The van der Waals surface area contributed by atoms with Crippen molar-refractivity contribution < 1.29 is 9.53 Å². The Balaban J connectivity index is 1.83. The standard InChI is InChI=1S/C12H17N5O2S/c1-3-19-8-11-15-16-12(20-11)14-10(18)7-9(2)17-6-4-5-13-17/h4-6,9H,3,7-8H2,1-2H3,(H,14,16,18). The number of amides is 1. The fraction of sp³-hybridized carbons (Fsp3) is 0.500. The van der Waals surface area contributed by atoms with Crippen molar-refractivity contribution in [3.63, 3.8) is 0 Å². The van der Waals surface area contributed by atoms with Crippen molar-refractivity contribution in [2.75, 3.05) is 11.9 Å². The molecule has 0 saturated heterocycles. The second-order valence-electron chi connectivity index (χ2n) is 4.23. The first-order valence-corrected chi connectivity index (χ1v) is 7.19. The van der Waals surface area contributed by atoms with Gasteiger partial charge in [-0.05, 0) is 19.9 Å². The van der Waals surface area contributed by atoms with Gasteiger partial charge in [-0.15, -0.1) is 10.2 Å². The number of rotatable bonds is 7. The van der Waals surface area contributed by atoms with Crippen molar-refractivity contribution in [2.45, 2.75) is 32.9 Å². The van der Waals surface area contributed by atoms with Gasteiger partial charge in [0.25, 0.3) is 0 Å². The van der Waals surface area contributed by atoms with Gasteiger partial charge in [-0.3, -0.25) is 9.48 Å². The van der Waals surface area contributed by atoms with Gasteiger partial charge in [0.2, 0.25) is 11.0 Å². The highest BCUT2D eigenvalue weighted by molar-refractivity contribution is 7.15. The van der Waals surface area contributed by atoms with E-state index in [4.69, 9.17) is 4.74 Å². The van der Waals surface area contributed by atoms with Crippen molar-refractivity contribution in [1.29, 1.82) is 0 Å². The van der Waals surface area contributed by atoms with Gasteiger partial charge in [-0.2, -0.15) is 5.10 Å². The fourth-order valence-corrected chi connectivity index (χ4v) is 2.32. The summed E-state index contributed by atoms with van der Waals surface area (Å²) in [6.45, 7) is 4.91. The molecule has 0 bridgehead atoms. The molecule has 1 N–H and O–H groups in total. The van der Waals surface area contributed by atoms with Crippen LogP contribution in [-0.4, -0.2) is 32.5 Å². The SMILES string of the molecule is CCOCc1nnc(NC(=O)CC(C)n2cccn2)s1. The topological polar surface area (TPSA) is 81.9 Å². The number of nitrogens with zero attached hydrogens (tertiary/aromatic N) is 4. The second-order valence-corrected chi connectivity index (χ2v) is 5.29. The Bertz CT molecular complexity index is 540. The summed E-state index contributed by atoms with van der Waals surface area (Å²) >= 11 is 1.32. The number of aromatic nitrogens is 4. The molecule has 0 saturated carbocycles. The van der Waals surface area contributed by atoms with Crippen molar-refractivity contribution in [1.82, 2.24) is 20.0 Å². The van der Waals surface area contributed by atoms with E-state index in [0.29, 0.717) is 24.8 Å². The van der Waals surface area contributed by atoms with Crippen LogP contribution in [0.1, 0.15) is 31.3 Å². The predicted octanol–water partition coefficient (Wildman–Crippen LogP) is 1.86. The Kier molecular flexibility index (Phi) is 5.19. The molecular formula is C12H17N5O2S. The van der Waals surface area contributed by atoms with E-state index >= 15 is 0 Å². The predicted molar refractivity (Wildman–Crippen MR) is 75.4 cm³/mol. The van der Waals surface area contributed by atoms with Crippen LogP contribution in [0, 0.1) is 0 Å². The number of ether oxygens (including phenoxy) is 1. The number of nitrogens with one attached hydrogen (secondary N) is 1. The highest BCUT2D eigenvalue weighted by Crippen LogP contribution is 2.17. The zero-order valence-corrected chi connectivity index (χ0v) is 12.3. The Morgan fingerprint density at radius 2 is 2.40 bits per heavy atom. The summed E-state index contributed by atoms with van der Waals surface area (Å²) in [5.74, 6) is -0.105. The van der Waals surface area contributed by atoms with Gasteiger partial charge in [0.15, 0.2) is 0 Å². The quantitative estimate of drug-likeness (QED) is 0.843. The van der Waals surface area contributed by atoms with Crippen LogP contribution in [0.3, 0.4) is 0 Å². The van der Waals surface area contributed by atoms with Crippen LogP contribution < -0.4 is 5.32 Å². The van der Waals surface area contributed by atoms with E-state index in [1.54, 1.807) is 10.9 Å². The van der Waals surface area contributed by atoms with Crippen molar-refractivity contribution in [2.24, 2.45) is 0 Å². The fourth-order valence-electron chi connectivity index (χ4n) is 1.63. The van der Waals surface area contributed by atoms with Gasteiger partial charge < -0.3 is 10.1 Å². The first-order valence-electron chi connectivity index (χ1n) is 6.38. The van der Waals surface area contributed by atoms with Gasteiger partial charge in [-0.1, -0.05) is 11.3 Å². The van der Waals surface area contributed by atoms with E-state index in [1.807, 2.05) is 26.1 Å². The van der Waals surface area contributed by atoms with Gasteiger partial charge >= 0.3 is 0 Å². The lowest BCUT2D eigenvalue weighted by molar-refractivity contribution is -0.116. The number of anilines is 1. The molecule has 2 aromatic rings. The maximum Gasteiger partial charge on any atom is 0.228 e. The van der Waals surface area contributed by atoms with E-state index in [2.05, 4.69) is 20.6 Å². The summed E-state index contributed by atoms with van der Waals surface area (Å²) in [6, 6.07) is 1.83. The normalized spacial score (nSPS) is 12.3. The van der Waals surface area contributed by atoms with E-state index in [-0.39, 0.29) is 11.9 Å². The average molecular weight is 295 g/mol. The molecule has 8 heteroatoms. The lowest BCUT2D eigenvalue weighted by Gasteiger charge is -2.10. The Labute approximate surface area is 121 Å². The van der Waals surface area contributed by atoms with Crippen molar-refractivity contribution >= 4 is 22.4 Å². The monoisotopic (exact) mass is 295 g/mol. The number of hydrogen-bond donors (Lipinski definition) is 1. The Morgan fingerprint density at radius 1 is 1.55 bits per heavy atom. The molecule has 20 heavy (non-hydrogen) atoms. The second kappa shape index (κ2) is 7.11. The Morgan fingerprint density at radius 3 is 3.10 bits per heavy atom. The third-order valence-corrected chi connectivity index (χ3v) is 3.41. The number of hydrogen-bond acceptors (Lipinski definition) is 6. The molecule has 0 aliphatic rings. The first kappa shape index (κ1) is 14.6. The summed E-state index contributed by atoms with van der Waals surface area (Å²) in [5, 5.41) is 16.0. The molecule has 1 unspecified atom stereocenters. The summed E-state index contributed by atoms with van der Waals surface area (Å²) < 4.78 is 6.99. The minimum absolute atomic E-state index is 0.000756. The molecule has 1 atom stereocenters. The number of carbonyl (C=O) groups is 1.